The molecule has 0 unspecified atom stereocenters. The average molecular weight is 328 g/mol. The highest BCUT2D eigenvalue weighted by Gasteiger charge is 2.23. The minimum atomic E-state index is -0.206. The highest BCUT2D eigenvalue weighted by molar-refractivity contribution is 7.97. The first-order valence-electron chi connectivity index (χ1n) is 7.73. The van der Waals surface area contributed by atoms with E-state index in [0.717, 1.165) is 36.3 Å². The number of rotatable bonds is 5. The molecule has 0 radical (unpaired) electrons. The number of aromatic amines is 1. The molecule has 1 aliphatic rings. The van der Waals surface area contributed by atoms with Gasteiger partial charge in [0.2, 0.25) is 0 Å². The van der Waals surface area contributed by atoms with Crippen molar-refractivity contribution in [3.63, 3.8) is 0 Å². The van der Waals surface area contributed by atoms with Gasteiger partial charge < -0.3 is 15.7 Å². The number of hydrogen-bond acceptors (Lipinski definition) is 5. The van der Waals surface area contributed by atoms with Crippen molar-refractivity contribution < 1.29 is 0 Å². The average Bonchev–Trinajstić information content (AvgIpc) is 3.11. The Labute approximate surface area is 139 Å². The molecule has 0 amide bonds. The minimum Gasteiger partial charge on any atom is -0.350 e. The van der Waals surface area contributed by atoms with E-state index in [1.54, 1.807) is 6.20 Å². The smallest absolute Gasteiger partial charge is 0.272 e. The molecule has 1 aliphatic carbocycles. The molecule has 3 rings (SSSR count). The van der Waals surface area contributed by atoms with Crippen molar-refractivity contribution in [1.29, 1.82) is 5.41 Å². The van der Waals surface area contributed by atoms with E-state index in [4.69, 9.17) is 10.5 Å². The van der Waals surface area contributed by atoms with Crippen LogP contribution in [0.4, 0.5) is 11.4 Å². The Morgan fingerprint density at radius 2 is 1.91 bits per heavy atom. The number of H-pyrrole nitrogens is 1. The summed E-state index contributed by atoms with van der Waals surface area (Å²) in [5, 5.41) is 17.2. The van der Waals surface area contributed by atoms with E-state index in [9.17, 15) is 4.79 Å². The summed E-state index contributed by atoms with van der Waals surface area (Å²) in [6.07, 6.45) is 6.01. The summed E-state index contributed by atoms with van der Waals surface area (Å²) in [5.41, 5.74) is 2.29. The van der Waals surface area contributed by atoms with Gasteiger partial charge in [-0.05, 0) is 55.1 Å². The minimum absolute atomic E-state index is 0.206. The standard InChI is InChI=1S/C17H20N4OS/c18-15(11-3-1-2-4-11)14-9-10-20-17(22)16(14)21-12-5-7-13(23-19)8-6-12/h5-11,18,21H,1-4,19H2,(H,20,22). The van der Waals surface area contributed by atoms with Crippen molar-refractivity contribution in [2.24, 2.45) is 11.1 Å². The molecule has 1 aromatic heterocycles. The monoisotopic (exact) mass is 328 g/mol. The van der Waals surface area contributed by atoms with E-state index >= 15 is 0 Å². The maximum Gasteiger partial charge on any atom is 0.272 e. The zero-order valence-electron chi connectivity index (χ0n) is 12.8. The van der Waals surface area contributed by atoms with Crippen molar-refractivity contribution in [2.75, 3.05) is 5.32 Å². The summed E-state index contributed by atoms with van der Waals surface area (Å²) < 4.78 is 0. The SMILES string of the molecule is N=C(c1cc[nH]c(=O)c1Nc1ccc(SN)cc1)C1CCCC1. The van der Waals surface area contributed by atoms with Crippen LogP contribution in [-0.4, -0.2) is 10.7 Å². The highest BCUT2D eigenvalue weighted by Crippen LogP contribution is 2.30. The number of aromatic nitrogens is 1. The van der Waals surface area contributed by atoms with Crippen molar-refractivity contribution in [3.8, 4) is 0 Å². The molecule has 1 heterocycles. The second-order valence-corrected chi connectivity index (χ2v) is 6.46. The van der Waals surface area contributed by atoms with E-state index in [1.165, 1.54) is 11.9 Å². The third-order valence-electron chi connectivity index (χ3n) is 4.27. The first-order chi connectivity index (χ1) is 11.2. The van der Waals surface area contributed by atoms with Crippen LogP contribution in [0.2, 0.25) is 0 Å². The number of nitrogens with two attached hydrogens (primary N) is 1. The van der Waals surface area contributed by atoms with E-state index in [2.05, 4.69) is 10.3 Å². The van der Waals surface area contributed by atoms with E-state index in [-0.39, 0.29) is 11.5 Å². The summed E-state index contributed by atoms with van der Waals surface area (Å²) >= 11 is 1.18. The molecule has 1 fully saturated rings. The lowest BCUT2D eigenvalue weighted by atomic mass is 9.95. The van der Waals surface area contributed by atoms with E-state index < -0.39 is 0 Å². The third kappa shape index (κ3) is 3.48. The van der Waals surface area contributed by atoms with Crippen LogP contribution in [0.5, 0.6) is 0 Å². The molecule has 1 aromatic carbocycles. The van der Waals surface area contributed by atoms with Gasteiger partial charge in [-0.2, -0.15) is 0 Å². The van der Waals surface area contributed by atoms with Crippen LogP contribution in [0.15, 0.2) is 46.2 Å². The van der Waals surface area contributed by atoms with Gasteiger partial charge in [-0.3, -0.25) is 9.93 Å². The molecule has 0 atom stereocenters. The summed E-state index contributed by atoms with van der Waals surface area (Å²) in [7, 11) is 0. The second kappa shape index (κ2) is 7.02. The van der Waals surface area contributed by atoms with Gasteiger partial charge in [0, 0.05) is 34.0 Å². The van der Waals surface area contributed by atoms with Gasteiger partial charge in [-0.25, -0.2) is 0 Å². The fourth-order valence-electron chi connectivity index (χ4n) is 3.02. The number of nitrogens with one attached hydrogen (secondary N) is 3. The predicted octanol–water partition coefficient (Wildman–Crippen LogP) is 3.64. The molecule has 23 heavy (non-hydrogen) atoms. The topological polar surface area (TPSA) is 94.8 Å². The summed E-state index contributed by atoms with van der Waals surface area (Å²) in [4.78, 5) is 15.9. The second-order valence-electron chi connectivity index (χ2n) is 5.76. The molecule has 0 spiro atoms. The molecule has 2 aromatic rings. The van der Waals surface area contributed by atoms with Crippen molar-refractivity contribution in [3.05, 3.63) is 52.4 Å². The molecule has 0 saturated heterocycles. The quantitative estimate of drug-likeness (QED) is 0.498. The normalized spacial score (nSPS) is 14.8. The van der Waals surface area contributed by atoms with Crippen LogP contribution in [0.1, 0.15) is 31.2 Å². The Kier molecular flexibility index (Phi) is 4.83. The lowest BCUT2D eigenvalue weighted by Crippen LogP contribution is -2.20. The first-order valence-corrected chi connectivity index (χ1v) is 8.61. The molecule has 120 valence electrons. The molecule has 5 nitrogen and oxygen atoms in total. The first kappa shape index (κ1) is 15.8. The van der Waals surface area contributed by atoms with Crippen LogP contribution in [0, 0.1) is 11.3 Å². The van der Waals surface area contributed by atoms with Gasteiger partial charge in [0.1, 0.15) is 5.69 Å². The fourth-order valence-corrected chi connectivity index (χ4v) is 3.32. The number of benzene rings is 1. The number of hydrogen-bond donors (Lipinski definition) is 4. The fraction of sp³-hybridized carbons (Fsp3) is 0.294. The zero-order chi connectivity index (χ0) is 16.2. The maximum absolute atomic E-state index is 12.2. The van der Waals surface area contributed by atoms with Crippen LogP contribution < -0.4 is 16.0 Å². The van der Waals surface area contributed by atoms with Gasteiger partial charge in [-0.1, -0.05) is 12.8 Å². The Balaban J connectivity index is 1.91. The Morgan fingerprint density at radius 1 is 1.22 bits per heavy atom. The lowest BCUT2D eigenvalue weighted by Gasteiger charge is -2.16. The van der Waals surface area contributed by atoms with Crippen molar-refractivity contribution >= 4 is 29.0 Å². The molecular weight excluding hydrogens is 308 g/mol. The summed E-state index contributed by atoms with van der Waals surface area (Å²) in [5.74, 6) is 0.258. The van der Waals surface area contributed by atoms with Gasteiger partial charge in [0.25, 0.3) is 5.56 Å². The van der Waals surface area contributed by atoms with Crippen molar-refractivity contribution in [2.45, 2.75) is 30.6 Å². The van der Waals surface area contributed by atoms with Gasteiger partial charge in [-0.15, -0.1) is 0 Å². The summed E-state index contributed by atoms with van der Waals surface area (Å²) in [6, 6.07) is 9.36. The molecule has 6 heteroatoms. The molecule has 5 N–H and O–H groups in total. The van der Waals surface area contributed by atoms with Crippen LogP contribution in [0.3, 0.4) is 0 Å². The van der Waals surface area contributed by atoms with Crippen LogP contribution >= 0.6 is 11.9 Å². The third-order valence-corrected chi connectivity index (χ3v) is 4.82. The summed E-state index contributed by atoms with van der Waals surface area (Å²) in [6.45, 7) is 0. The number of pyridine rings is 1. The van der Waals surface area contributed by atoms with Gasteiger partial charge in [0.15, 0.2) is 0 Å². The molecule has 1 saturated carbocycles. The maximum atomic E-state index is 12.2. The van der Waals surface area contributed by atoms with Crippen molar-refractivity contribution in [1.82, 2.24) is 4.98 Å². The van der Waals surface area contributed by atoms with E-state index in [1.807, 2.05) is 30.3 Å². The van der Waals surface area contributed by atoms with Crippen LogP contribution in [0.25, 0.3) is 0 Å². The predicted molar refractivity (Wildman–Crippen MR) is 95.6 cm³/mol. The molecule has 0 bridgehead atoms. The zero-order valence-corrected chi connectivity index (χ0v) is 13.6. The largest absolute Gasteiger partial charge is 0.350 e. The van der Waals surface area contributed by atoms with Gasteiger partial charge in [0.05, 0.1) is 0 Å². The van der Waals surface area contributed by atoms with Crippen LogP contribution in [-0.2, 0) is 0 Å². The Bertz CT molecular complexity index is 748. The Morgan fingerprint density at radius 3 is 2.57 bits per heavy atom. The van der Waals surface area contributed by atoms with Gasteiger partial charge >= 0.3 is 0 Å². The Hall–Kier alpha value is -2.05. The highest BCUT2D eigenvalue weighted by atomic mass is 32.2. The molecule has 0 aliphatic heterocycles. The van der Waals surface area contributed by atoms with E-state index in [0.29, 0.717) is 17.0 Å². The molecular formula is C17H20N4OS. The number of anilines is 2. The lowest BCUT2D eigenvalue weighted by molar-refractivity contribution is 0.725.